The van der Waals surface area contributed by atoms with Crippen LogP contribution in [0, 0.1) is 0 Å². The molecule has 0 fully saturated rings. The second-order valence-electron chi connectivity index (χ2n) is 3.24. The average molecular weight is 281 g/mol. The van der Waals surface area contributed by atoms with Gasteiger partial charge in [-0.3, -0.25) is 9.78 Å². The number of halogens is 1. The number of rotatable bonds is 3. The maximum Gasteiger partial charge on any atom is 0.237 e. The summed E-state index contributed by atoms with van der Waals surface area (Å²) in [4.78, 5) is 19.1. The monoisotopic (exact) mass is 280 g/mol. The normalized spacial score (nSPS) is 10.3. The molecular weight excluding hydrogens is 272 g/mol. The minimum absolute atomic E-state index is 0.113. The van der Waals surface area contributed by atoms with E-state index in [-0.39, 0.29) is 6.54 Å². The molecule has 1 amide bonds. The van der Waals surface area contributed by atoms with Crippen LogP contribution in [-0.4, -0.2) is 20.4 Å². The van der Waals surface area contributed by atoms with Gasteiger partial charge in [-0.1, -0.05) is 0 Å². The van der Waals surface area contributed by atoms with Gasteiger partial charge in [-0.2, -0.15) is 0 Å². The zero-order chi connectivity index (χ0) is 11.5. The summed E-state index contributed by atoms with van der Waals surface area (Å²) in [5, 5.41) is 0. The van der Waals surface area contributed by atoms with Crippen LogP contribution in [-0.2, 0) is 11.3 Å². The third-order valence-corrected chi connectivity index (χ3v) is 2.44. The maximum absolute atomic E-state index is 10.9. The van der Waals surface area contributed by atoms with E-state index in [1.165, 1.54) is 0 Å². The average Bonchev–Trinajstić information content (AvgIpc) is 2.65. The second-order valence-corrected chi connectivity index (χ2v) is 4.15. The summed E-state index contributed by atoms with van der Waals surface area (Å²) in [5.74, 6) is 0.273. The van der Waals surface area contributed by atoms with E-state index >= 15 is 0 Å². The van der Waals surface area contributed by atoms with Crippen LogP contribution in [0.1, 0.15) is 0 Å². The lowest BCUT2D eigenvalue weighted by atomic mass is 10.3. The van der Waals surface area contributed by atoms with Gasteiger partial charge in [-0.05, 0) is 22.0 Å². The van der Waals surface area contributed by atoms with E-state index in [1.807, 2.05) is 6.07 Å². The van der Waals surface area contributed by atoms with Crippen LogP contribution in [0.2, 0.25) is 0 Å². The molecule has 0 saturated carbocycles. The first-order chi connectivity index (χ1) is 7.66. The lowest BCUT2D eigenvalue weighted by Crippen LogP contribution is -2.18. The number of pyridine rings is 1. The van der Waals surface area contributed by atoms with E-state index < -0.39 is 5.91 Å². The molecule has 2 rings (SSSR count). The van der Waals surface area contributed by atoms with Gasteiger partial charge >= 0.3 is 0 Å². The number of hydrogen-bond donors (Lipinski definition) is 1. The molecule has 2 heterocycles. The van der Waals surface area contributed by atoms with Gasteiger partial charge in [-0.15, -0.1) is 0 Å². The van der Waals surface area contributed by atoms with Crippen molar-refractivity contribution in [2.75, 3.05) is 0 Å². The predicted octanol–water partition coefficient (Wildman–Crippen LogP) is 1.19. The maximum atomic E-state index is 10.9. The number of primary amides is 1. The van der Waals surface area contributed by atoms with Crippen LogP contribution in [0.25, 0.3) is 11.4 Å². The Kier molecular flexibility index (Phi) is 3.00. The van der Waals surface area contributed by atoms with Crippen molar-refractivity contribution in [1.82, 2.24) is 14.5 Å². The third-order valence-electron chi connectivity index (χ3n) is 2.00. The fourth-order valence-electron chi connectivity index (χ4n) is 1.40. The standard InChI is InChI=1S/C10H9BrN4O/c11-8-3-7(4-13-5-8)10-14-1-2-15(10)6-9(12)16/h1-5H,6H2,(H2,12,16). The van der Waals surface area contributed by atoms with Gasteiger partial charge in [0.1, 0.15) is 12.4 Å². The van der Waals surface area contributed by atoms with Crippen molar-refractivity contribution in [3.63, 3.8) is 0 Å². The number of carbonyl (C=O) groups is 1. The van der Waals surface area contributed by atoms with E-state index in [0.29, 0.717) is 5.82 Å². The number of nitrogens with zero attached hydrogens (tertiary/aromatic N) is 3. The summed E-state index contributed by atoms with van der Waals surface area (Å²) >= 11 is 3.33. The molecule has 5 nitrogen and oxygen atoms in total. The lowest BCUT2D eigenvalue weighted by molar-refractivity contribution is -0.118. The fraction of sp³-hybridized carbons (Fsp3) is 0.100. The first kappa shape index (κ1) is 10.8. The topological polar surface area (TPSA) is 73.8 Å². The molecule has 0 saturated heterocycles. The van der Waals surface area contributed by atoms with Crippen molar-refractivity contribution in [3.8, 4) is 11.4 Å². The summed E-state index contributed by atoms with van der Waals surface area (Å²) in [6.45, 7) is 0.113. The smallest absolute Gasteiger partial charge is 0.237 e. The minimum Gasteiger partial charge on any atom is -0.368 e. The molecule has 2 aromatic rings. The Morgan fingerprint density at radius 2 is 2.31 bits per heavy atom. The molecule has 0 aliphatic heterocycles. The molecule has 2 aromatic heterocycles. The third kappa shape index (κ3) is 2.27. The van der Waals surface area contributed by atoms with Gasteiger partial charge < -0.3 is 10.3 Å². The largest absolute Gasteiger partial charge is 0.368 e. The Balaban J connectivity index is 2.40. The molecule has 0 aliphatic rings. The molecule has 0 unspecified atom stereocenters. The van der Waals surface area contributed by atoms with Crippen molar-refractivity contribution >= 4 is 21.8 Å². The van der Waals surface area contributed by atoms with Gasteiger partial charge in [0, 0.05) is 34.8 Å². The molecule has 0 aliphatic carbocycles. The number of nitrogens with two attached hydrogens (primary N) is 1. The first-order valence-corrected chi connectivity index (χ1v) is 5.36. The van der Waals surface area contributed by atoms with Crippen LogP contribution in [0.5, 0.6) is 0 Å². The molecule has 0 spiro atoms. The van der Waals surface area contributed by atoms with Crippen LogP contribution in [0.15, 0.2) is 35.3 Å². The first-order valence-electron chi connectivity index (χ1n) is 4.57. The van der Waals surface area contributed by atoms with Crippen molar-refractivity contribution in [1.29, 1.82) is 0 Å². The van der Waals surface area contributed by atoms with E-state index in [1.54, 1.807) is 29.4 Å². The Hall–Kier alpha value is -1.69. The van der Waals surface area contributed by atoms with E-state index in [4.69, 9.17) is 5.73 Å². The predicted molar refractivity (Wildman–Crippen MR) is 62.4 cm³/mol. The molecule has 82 valence electrons. The van der Waals surface area contributed by atoms with Crippen LogP contribution < -0.4 is 5.73 Å². The lowest BCUT2D eigenvalue weighted by Gasteiger charge is -2.05. The highest BCUT2D eigenvalue weighted by Crippen LogP contribution is 2.19. The van der Waals surface area contributed by atoms with Gasteiger partial charge in [-0.25, -0.2) is 4.98 Å². The van der Waals surface area contributed by atoms with Crippen molar-refractivity contribution in [2.45, 2.75) is 6.54 Å². The Morgan fingerprint density at radius 3 is 3.00 bits per heavy atom. The Bertz CT molecular complexity index is 523. The summed E-state index contributed by atoms with van der Waals surface area (Å²) in [5.41, 5.74) is 5.98. The Morgan fingerprint density at radius 1 is 1.50 bits per heavy atom. The van der Waals surface area contributed by atoms with E-state index in [9.17, 15) is 4.79 Å². The molecule has 2 N–H and O–H groups in total. The second kappa shape index (κ2) is 4.44. The molecular formula is C10H9BrN4O. The highest BCUT2D eigenvalue weighted by molar-refractivity contribution is 9.10. The van der Waals surface area contributed by atoms with Gasteiger partial charge in [0.2, 0.25) is 5.91 Å². The molecule has 0 bridgehead atoms. The SMILES string of the molecule is NC(=O)Cn1ccnc1-c1cncc(Br)c1. The summed E-state index contributed by atoms with van der Waals surface area (Å²) in [6.07, 6.45) is 6.70. The van der Waals surface area contributed by atoms with E-state index in [0.717, 1.165) is 10.0 Å². The number of hydrogen-bond acceptors (Lipinski definition) is 3. The van der Waals surface area contributed by atoms with Crippen LogP contribution in [0.3, 0.4) is 0 Å². The van der Waals surface area contributed by atoms with Crippen LogP contribution in [0.4, 0.5) is 0 Å². The zero-order valence-electron chi connectivity index (χ0n) is 8.30. The molecule has 0 radical (unpaired) electrons. The number of aromatic nitrogens is 3. The highest BCUT2D eigenvalue weighted by atomic mass is 79.9. The fourth-order valence-corrected chi connectivity index (χ4v) is 1.76. The molecule has 16 heavy (non-hydrogen) atoms. The van der Waals surface area contributed by atoms with Crippen LogP contribution >= 0.6 is 15.9 Å². The molecule has 0 atom stereocenters. The minimum atomic E-state index is -0.401. The van der Waals surface area contributed by atoms with Crippen molar-refractivity contribution in [2.24, 2.45) is 5.73 Å². The van der Waals surface area contributed by atoms with E-state index in [2.05, 4.69) is 25.9 Å². The van der Waals surface area contributed by atoms with Gasteiger partial charge in [0.05, 0.1) is 0 Å². The van der Waals surface area contributed by atoms with Gasteiger partial charge in [0.25, 0.3) is 0 Å². The summed E-state index contributed by atoms with van der Waals surface area (Å²) < 4.78 is 2.55. The quantitative estimate of drug-likeness (QED) is 0.918. The Labute approximate surface area is 100 Å². The molecule has 6 heteroatoms. The molecule has 0 aromatic carbocycles. The van der Waals surface area contributed by atoms with Gasteiger partial charge in [0.15, 0.2) is 0 Å². The van der Waals surface area contributed by atoms with Crippen molar-refractivity contribution < 1.29 is 4.79 Å². The number of amides is 1. The highest BCUT2D eigenvalue weighted by Gasteiger charge is 2.08. The number of carbonyl (C=O) groups excluding carboxylic acids is 1. The summed E-state index contributed by atoms with van der Waals surface area (Å²) in [7, 11) is 0. The summed E-state index contributed by atoms with van der Waals surface area (Å²) in [6, 6.07) is 1.88. The van der Waals surface area contributed by atoms with Crippen molar-refractivity contribution in [3.05, 3.63) is 35.3 Å². The zero-order valence-corrected chi connectivity index (χ0v) is 9.89. The number of imidazole rings is 1.